The number of anilines is 1. The maximum absolute atomic E-state index is 12.7. The molecule has 0 radical (unpaired) electrons. The molecule has 0 saturated heterocycles. The van der Waals surface area contributed by atoms with Crippen LogP contribution in [0.15, 0.2) is 36.7 Å². The van der Waals surface area contributed by atoms with Crippen molar-refractivity contribution in [3.8, 4) is 11.5 Å². The molecule has 26 heavy (non-hydrogen) atoms. The summed E-state index contributed by atoms with van der Waals surface area (Å²) in [6.45, 7) is 0. The maximum atomic E-state index is 12.7. The summed E-state index contributed by atoms with van der Waals surface area (Å²) >= 11 is 0. The summed E-state index contributed by atoms with van der Waals surface area (Å²) in [7, 11) is 4.51. The Morgan fingerprint density at radius 2 is 1.88 bits per heavy atom. The molecule has 2 amide bonds. The second-order valence-electron chi connectivity index (χ2n) is 5.76. The molecule has 2 heterocycles. The van der Waals surface area contributed by atoms with Gasteiger partial charge in [-0.25, -0.2) is 0 Å². The fourth-order valence-electron chi connectivity index (χ4n) is 3.02. The van der Waals surface area contributed by atoms with Crippen LogP contribution in [0.3, 0.4) is 0 Å². The summed E-state index contributed by atoms with van der Waals surface area (Å²) in [4.78, 5) is 30.3. The number of aliphatic hydroxyl groups is 1. The molecule has 2 N–H and O–H groups in total. The van der Waals surface area contributed by atoms with Crippen LogP contribution in [0.1, 0.15) is 22.0 Å². The minimum Gasteiger partial charge on any atom is -0.493 e. The minimum atomic E-state index is -1.29. The largest absolute Gasteiger partial charge is 0.493 e. The molecule has 2 aromatic rings. The van der Waals surface area contributed by atoms with Gasteiger partial charge in [-0.2, -0.15) is 0 Å². The zero-order chi connectivity index (χ0) is 18.8. The number of likely N-dealkylation sites (N-methyl/N-ethyl adjacent to an activating group) is 1. The Morgan fingerprint density at radius 3 is 2.50 bits per heavy atom. The molecule has 1 aliphatic rings. The van der Waals surface area contributed by atoms with Gasteiger partial charge in [-0.1, -0.05) is 0 Å². The molecule has 0 spiro atoms. The van der Waals surface area contributed by atoms with Gasteiger partial charge in [0.05, 0.1) is 25.5 Å². The van der Waals surface area contributed by atoms with Crippen molar-refractivity contribution in [2.75, 3.05) is 26.2 Å². The lowest BCUT2D eigenvalue weighted by Gasteiger charge is -2.36. The number of amides is 2. The standard InChI is InChI=1S/C18H19N3O5/c1-21-11-4-5-12(25-2)16(26-3)13(11)15(22)14(18(21)24)20-17(23)10-6-8-19-9-7-10/h4-9,14-15,22H,1-3H3,(H,20,23). The van der Waals surface area contributed by atoms with E-state index >= 15 is 0 Å². The molecule has 0 saturated carbocycles. The number of rotatable bonds is 4. The van der Waals surface area contributed by atoms with E-state index in [1.54, 1.807) is 19.2 Å². The van der Waals surface area contributed by atoms with Gasteiger partial charge < -0.3 is 24.8 Å². The van der Waals surface area contributed by atoms with Crippen LogP contribution in [0.4, 0.5) is 5.69 Å². The molecule has 1 aromatic carbocycles. The Labute approximate surface area is 150 Å². The predicted molar refractivity (Wildman–Crippen MR) is 93.4 cm³/mol. The molecular weight excluding hydrogens is 338 g/mol. The Balaban J connectivity index is 2.00. The number of aromatic nitrogens is 1. The van der Waals surface area contributed by atoms with Gasteiger partial charge in [0, 0.05) is 25.0 Å². The van der Waals surface area contributed by atoms with Gasteiger partial charge in [0.1, 0.15) is 12.1 Å². The number of aliphatic hydroxyl groups excluding tert-OH is 1. The highest BCUT2D eigenvalue weighted by Gasteiger charge is 2.41. The first-order valence-corrected chi connectivity index (χ1v) is 7.91. The number of nitrogens with one attached hydrogen (secondary N) is 1. The average Bonchev–Trinajstić information content (AvgIpc) is 2.68. The number of benzene rings is 1. The lowest BCUT2D eigenvalue weighted by molar-refractivity contribution is -0.123. The van der Waals surface area contributed by atoms with Gasteiger partial charge in [0.15, 0.2) is 11.5 Å². The number of pyridine rings is 1. The summed E-state index contributed by atoms with van der Waals surface area (Å²) in [6.07, 6.45) is 1.66. The first kappa shape index (κ1) is 17.7. The van der Waals surface area contributed by atoms with Crippen LogP contribution in [0.2, 0.25) is 0 Å². The highest BCUT2D eigenvalue weighted by atomic mass is 16.5. The van der Waals surface area contributed by atoms with Gasteiger partial charge in [0.25, 0.3) is 11.8 Å². The lowest BCUT2D eigenvalue weighted by atomic mass is 9.92. The number of carbonyl (C=O) groups is 2. The van der Waals surface area contributed by atoms with Crippen molar-refractivity contribution >= 4 is 17.5 Å². The summed E-state index contributed by atoms with van der Waals surface area (Å²) in [6, 6.07) is 5.21. The zero-order valence-corrected chi connectivity index (χ0v) is 14.6. The van der Waals surface area contributed by atoms with E-state index < -0.39 is 24.0 Å². The molecule has 3 rings (SSSR count). The summed E-state index contributed by atoms with van der Waals surface area (Å²) in [5, 5.41) is 13.4. The molecule has 0 aliphatic carbocycles. The Bertz CT molecular complexity index is 840. The molecule has 1 aliphatic heterocycles. The lowest BCUT2D eigenvalue weighted by Crippen LogP contribution is -2.53. The van der Waals surface area contributed by atoms with Crippen LogP contribution < -0.4 is 19.7 Å². The van der Waals surface area contributed by atoms with Crippen molar-refractivity contribution in [3.63, 3.8) is 0 Å². The first-order chi connectivity index (χ1) is 12.5. The number of hydrogen-bond donors (Lipinski definition) is 2. The minimum absolute atomic E-state index is 0.319. The van der Waals surface area contributed by atoms with E-state index in [9.17, 15) is 14.7 Å². The van der Waals surface area contributed by atoms with E-state index in [1.807, 2.05) is 0 Å². The second kappa shape index (κ2) is 7.01. The van der Waals surface area contributed by atoms with Crippen LogP contribution in [0.25, 0.3) is 0 Å². The molecule has 0 fully saturated rings. The number of carbonyl (C=O) groups excluding carboxylic acids is 2. The highest BCUT2D eigenvalue weighted by Crippen LogP contribution is 2.45. The molecule has 2 unspecified atom stereocenters. The third-order valence-corrected chi connectivity index (χ3v) is 4.36. The first-order valence-electron chi connectivity index (χ1n) is 7.91. The average molecular weight is 357 g/mol. The van der Waals surface area contributed by atoms with Gasteiger partial charge in [-0.05, 0) is 24.3 Å². The van der Waals surface area contributed by atoms with Crippen LogP contribution in [0.5, 0.6) is 11.5 Å². The van der Waals surface area contributed by atoms with Crippen molar-refractivity contribution < 1.29 is 24.2 Å². The molecule has 8 heteroatoms. The van der Waals surface area contributed by atoms with Crippen molar-refractivity contribution in [2.24, 2.45) is 0 Å². The van der Waals surface area contributed by atoms with Crippen LogP contribution >= 0.6 is 0 Å². The van der Waals surface area contributed by atoms with Gasteiger partial charge in [-0.3, -0.25) is 14.6 Å². The molecule has 8 nitrogen and oxygen atoms in total. The third kappa shape index (κ3) is 2.84. The zero-order valence-electron chi connectivity index (χ0n) is 14.6. The molecule has 0 bridgehead atoms. The van der Waals surface area contributed by atoms with Gasteiger partial charge >= 0.3 is 0 Å². The molecule has 1 aromatic heterocycles. The van der Waals surface area contributed by atoms with Crippen molar-refractivity contribution in [3.05, 3.63) is 47.8 Å². The van der Waals surface area contributed by atoms with Gasteiger partial charge in [0.2, 0.25) is 0 Å². The normalized spacial score (nSPS) is 18.9. The topological polar surface area (TPSA) is 101 Å². The van der Waals surface area contributed by atoms with Crippen molar-refractivity contribution in [2.45, 2.75) is 12.1 Å². The Kier molecular flexibility index (Phi) is 4.77. The highest BCUT2D eigenvalue weighted by molar-refractivity contribution is 6.05. The Hall–Kier alpha value is -3.13. The fourth-order valence-corrected chi connectivity index (χ4v) is 3.02. The van der Waals surface area contributed by atoms with Gasteiger partial charge in [-0.15, -0.1) is 0 Å². The van der Waals surface area contributed by atoms with Crippen LogP contribution in [0, 0.1) is 0 Å². The second-order valence-corrected chi connectivity index (χ2v) is 5.76. The number of ether oxygens (including phenoxy) is 2. The molecule has 2 atom stereocenters. The van der Waals surface area contributed by atoms with E-state index in [0.29, 0.717) is 28.3 Å². The summed E-state index contributed by atoms with van der Waals surface area (Å²) in [5.74, 6) is -0.171. The number of hydrogen-bond acceptors (Lipinski definition) is 6. The molecule has 136 valence electrons. The van der Waals surface area contributed by atoms with Crippen molar-refractivity contribution in [1.82, 2.24) is 10.3 Å². The van der Waals surface area contributed by atoms with E-state index in [1.165, 1.54) is 43.6 Å². The third-order valence-electron chi connectivity index (χ3n) is 4.36. The molecular formula is C18H19N3O5. The number of fused-ring (bicyclic) bond motifs is 1. The summed E-state index contributed by atoms with van der Waals surface area (Å²) < 4.78 is 10.6. The quantitative estimate of drug-likeness (QED) is 0.843. The van der Waals surface area contributed by atoms with Crippen LogP contribution in [-0.2, 0) is 4.79 Å². The van der Waals surface area contributed by atoms with E-state index in [0.717, 1.165) is 0 Å². The smallest absolute Gasteiger partial charge is 0.252 e. The Morgan fingerprint density at radius 1 is 1.19 bits per heavy atom. The maximum Gasteiger partial charge on any atom is 0.252 e. The monoisotopic (exact) mass is 357 g/mol. The van der Waals surface area contributed by atoms with E-state index in [2.05, 4.69) is 10.3 Å². The van der Waals surface area contributed by atoms with Crippen molar-refractivity contribution in [1.29, 1.82) is 0 Å². The SMILES string of the molecule is COc1ccc2c(c1OC)C(O)C(NC(=O)c1ccncc1)C(=O)N2C. The van der Waals surface area contributed by atoms with Crippen LogP contribution in [-0.4, -0.2) is 49.2 Å². The van der Waals surface area contributed by atoms with E-state index in [4.69, 9.17) is 9.47 Å². The number of nitrogens with zero attached hydrogens (tertiary/aromatic N) is 2. The fraction of sp³-hybridized carbons (Fsp3) is 0.278. The van der Waals surface area contributed by atoms with E-state index in [-0.39, 0.29) is 0 Å². The number of methoxy groups -OCH3 is 2. The predicted octanol–water partition coefficient (Wildman–Crippen LogP) is 0.907. The summed E-state index contributed by atoms with van der Waals surface area (Å²) in [5.41, 5.74) is 1.22.